The minimum atomic E-state index is -0.240. The van der Waals surface area contributed by atoms with Crippen LogP contribution in [0.2, 0.25) is 0 Å². The molecule has 0 atom stereocenters. The number of fused-ring (bicyclic) bond motifs is 2. The summed E-state index contributed by atoms with van der Waals surface area (Å²) in [7, 11) is 0. The van der Waals surface area contributed by atoms with E-state index in [9.17, 15) is 4.39 Å². The average Bonchev–Trinajstić information content (AvgIpc) is 3.28. The van der Waals surface area contributed by atoms with Crippen molar-refractivity contribution in [3.05, 3.63) is 71.4 Å². The van der Waals surface area contributed by atoms with E-state index in [1.807, 2.05) is 12.3 Å². The summed E-state index contributed by atoms with van der Waals surface area (Å²) < 4.78 is 13.5. The molecule has 0 unspecified atom stereocenters. The number of nitrogen functional groups attached to an aromatic ring is 1. The maximum absolute atomic E-state index is 13.5. The third-order valence-electron chi connectivity index (χ3n) is 5.84. The van der Waals surface area contributed by atoms with Crippen LogP contribution in [0.25, 0.3) is 32.9 Å². The number of benzene rings is 2. The lowest BCUT2D eigenvalue weighted by molar-refractivity contribution is 0.629. The number of nitrogens with two attached hydrogens (primary N) is 1. The zero-order chi connectivity index (χ0) is 21.5. The number of aryl methyl sites for hydroxylation is 2. The van der Waals surface area contributed by atoms with Crippen molar-refractivity contribution in [2.45, 2.75) is 20.3 Å². The molecule has 5 aromatic rings. The smallest absolute Gasteiger partial charge is 0.224 e. The lowest BCUT2D eigenvalue weighted by Gasteiger charge is -2.09. The minimum Gasteiger partial charge on any atom is -0.383 e. The standard InChI is InChI=1S/C24H23FN6/c1-13-14(2)30-22-5-3-15(9-18(13)22)20-12-29-24(31-23(20)26)27-8-7-16-11-28-21-6-4-17(25)10-19(16)21/h3-6,9-12,28,30H,7-8H2,1-2H3,(H3,26,27,29,31). The number of hydrogen-bond donors (Lipinski definition) is 4. The van der Waals surface area contributed by atoms with Gasteiger partial charge in [-0.2, -0.15) is 4.98 Å². The predicted molar refractivity (Wildman–Crippen MR) is 124 cm³/mol. The number of nitrogens with one attached hydrogen (secondary N) is 3. The van der Waals surface area contributed by atoms with E-state index < -0.39 is 0 Å². The van der Waals surface area contributed by atoms with Crippen molar-refractivity contribution in [1.82, 2.24) is 19.9 Å². The first-order valence-corrected chi connectivity index (χ1v) is 10.2. The zero-order valence-electron chi connectivity index (χ0n) is 17.4. The van der Waals surface area contributed by atoms with Gasteiger partial charge in [-0.15, -0.1) is 0 Å². The van der Waals surface area contributed by atoms with Crippen molar-refractivity contribution >= 4 is 33.6 Å². The Bertz CT molecular complexity index is 1410. The van der Waals surface area contributed by atoms with Gasteiger partial charge in [-0.1, -0.05) is 6.07 Å². The summed E-state index contributed by atoms with van der Waals surface area (Å²) in [4.78, 5) is 15.4. The van der Waals surface area contributed by atoms with E-state index in [0.717, 1.165) is 38.8 Å². The van der Waals surface area contributed by atoms with Crippen LogP contribution in [-0.2, 0) is 6.42 Å². The highest BCUT2D eigenvalue weighted by atomic mass is 19.1. The second-order valence-corrected chi connectivity index (χ2v) is 7.81. The van der Waals surface area contributed by atoms with Gasteiger partial charge in [-0.3, -0.25) is 0 Å². The van der Waals surface area contributed by atoms with Crippen molar-refractivity contribution in [1.29, 1.82) is 0 Å². The van der Waals surface area contributed by atoms with Crippen LogP contribution in [0.5, 0.6) is 0 Å². The number of halogens is 1. The molecule has 5 rings (SSSR count). The Balaban J connectivity index is 1.32. The zero-order valence-corrected chi connectivity index (χ0v) is 17.4. The molecule has 5 N–H and O–H groups in total. The molecule has 2 aromatic carbocycles. The minimum absolute atomic E-state index is 0.240. The Kier molecular flexibility index (Phi) is 4.58. The molecule has 0 bridgehead atoms. The van der Waals surface area contributed by atoms with Gasteiger partial charge in [-0.05, 0) is 67.3 Å². The summed E-state index contributed by atoms with van der Waals surface area (Å²) >= 11 is 0. The molecule has 0 saturated carbocycles. The van der Waals surface area contributed by atoms with Gasteiger partial charge < -0.3 is 21.0 Å². The van der Waals surface area contributed by atoms with Gasteiger partial charge in [0, 0.05) is 52.0 Å². The lowest BCUT2D eigenvalue weighted by Crippen LogP contribution is -2.09. The first-order chi connectivity index (χ1) is 15.0. The average molecular weight is 414 g/mol. The van der Waals surface area contributed by atoms with Gasteiger partial charge >= 0.3 is 0 Å². The van der Waals surface area contributed by atoms with Crippen LogP contribution in [0.3, 0.4) is 0 Å². The van der Waals surface area contributed by atoms with E-state index in [-0.39, 0.29) is 5.82 Å². The third-order valence-corrected chi connectivity index (χ3v) is 5.84. The molecule has 0 fully saturated rings. The molecule has 7 heteroatoms. The van der Waals surface area contributed by atoms with Crippen LogP contribution < -0.4 is 11.1 Å². The lowest BCUT2D eigenvalue weighted by atomic mass is 10.0. The first-order valence-electron chi connectivity index (χ1n) is 10.2. The van der Waals surface area contributed by atoms with E-state index in [2.05, 4.69) is 51.2 Å². The Morgan fingerprint density at radius 1 is 1.06 bits per heavy atom. The van der Waals surface area contributed by atoms with E-state index >= 15 is 0 Å². The normalized spacial score (nSPS) is 11.5. The van der Waals surface area contributed by atoms with E-state index in [4.69, 9.17) is 5.73 Å². The Morgan fingerprint density at radius 3 is 2.74 bits per heavy atom. The largest absolute Gasteiger partial charge is 0.383 e. The number of H-pyrrole nitrogens is 2. The molecule has 0 amide bonds. The molecule has 0 saturated heterocycles. The monoisotopic (exact) mass is 414 g/mol. The second-order valence-electron chi connectivity index (χ2n) is 7.81. The first kappa shape index (κ1) is 19.1. The highest BCUT2D eigenvalue weighted by Crippen LogP contribution is 2.30. The molecule has 31 heavy (non-hydrogen) atoms. The molecule has 0 spiro atoms. The van der Waals surface area contributed by atoms with E-state index in [1.165, 1.54) is 17.0 Å². The highest BCUT2D eigenvalue weighted by molar-refractivity contribution is 5.90. The number of aromatic amines is 2. The molecular weight excluding hydrogens is 391 g/mol. The number of hydrogen-bond acceptors (Lipinski definition) is 4. The summed E-state index contributed by atoms with van der Waals surface area (Å²) in [5, 5.41) is 5.27. The highest BCUT2D eigenvalue weighted by Gasteiger charge is 2.11. The van der Waals surface area contributed by atoms with Crippen LogP contribution in [-0.4, -0.2) is 26.5 Å². The van der Waals surface area contributed by atoms with Crippen molar-refractivity contribution in [2.24, 2.45) is 0 Å². The maximum Gasteiger partial charge on any atom is 0.224 e. The predicted octanol–water partition coefficient (Wildman–Crippen LogP) is 5.10. The molecule has 0 aliphatic heterocycles. The Morgan fingerprint density at radius 2 is 1.90 bits per heavy atom. The molecule has 3 heterocycles. The van der Waals surface area contributed by atoms with Crippen molar-refractivity contribution in [2.75, 3.05) is 17.6 Å². The van der Waals surface area contributed by atoms with Crippen molar-refractivity contribution < 1.29 is 4.39 Å². The summed E-state index contributed by atoms with van der Waals surface area (Å²) in [5.74, 6) is 0.661. The number of nitrogens with zero attached hydrogens (tertiary/aromatic N) is 2. The maximum atomic E-state index is 13.5. The fourth-order valence-electron chi connectivity index (χ4n) is 4.00. The van der Waals surface area contributed by atoms with Crippen molar-refractivity contribution in [3.8, 4) is 11.1 Å². The quantitative estimate of drug-likeness (QED) is 0.322. The second kappa shape index (κ2) is 7.43. The fraction of sp³-hybridized carbons (Fsp3) is 0.167. The fourth-order valence-corrected chi connectivity index (χ4v) is 4.00. The van der Waals surface area contributed by atoms with Gasteiger partial charge in [-0.25, -0.2) is 9.37 Å². The molecule has 0 radical (unpaired) electrons. The number of rotatable bonds is 5. The van der Waals surface area contributed by atoms with Crippen LogP contribution in [0.15, 0.2) is 48.8 Å². The van der Waals surface area contributed by atoms with Crippen LogP contribution in [0, 0.1) is 19.7 Å². The van der Waals surface area contributed by atoms with Crippen LogP contribution in [0.1, 0.15) is 16.8 Å². The number of aromatic nitrogens is 4. The molecular formula is C24H23FN6. The Labute approximate surface area is 178 Å². The molecule has 3 aromatic heterocycles. The van der Waals surface area contributed by atoms with Gasteiger partial charge in [0.25, 0.3) is 0 Å². The summed E-state index contributed by atoms with van der Waals surface area (Å²) in [5.41, 5.74) is 13.5. The summed E-state index contributed by atoms with van der Waals surface area (Å²) in [6, 6.07) is 10.9. The summed E-state index contributed by atoms with van der Waals surface area (Å²) in [6.07, 6.45) is 4.37. The van der Waals surface area contributed by atoms with Gasteiger partial charge in [0.2, 0.25) is 5.95 Å². The molecule has 0 aliphatic carbocycles. The number of anilines is 2. The van der Waals surface area contributed by atoms with E-state index in [1.54, 1.807) is 18.3 Å². The van der Waals surface area contributed by atoms with Gasteiger partial charge in [0.1, 0.15) is 11.6 Å². The van der Waals surface area contributed by atoms with Gasteiger partial charge in [0.15, 0.2) is 0 Å². The van der Waals surface area contributed by atoms with Crippen LogP contribution in [0.4, 0.5) is 16.2 Å². The Hall–Kier alpha value is -3.87. The van der Waals surface area contributed by atoms with E-state index in [0.29, 0.717) is 24.7 Å². The molecule has 156 valence electrons. The molecule has 6 nitrogen and oxygen atoms in total. The summed E-state index contributed by atoms with van der Waals surface area (Å²) in [6.45, 7) is 4.78. The van der Waals surface area contributed by atoms with Gasteiger partial charge in [0.05, 0.1) is 0 Å². The topological polar surface area (TPSA) is 95.4 Å². The SMILES string of the molecule is Cc1[nH]c2ccc(-c3cnc(NCCc4c[nH]c5ccc(F)cc45)nc3N)cc2c1C. The molecule has 0 aliphatic rings. The third kappa shape index (κ3) is 3.48. The van der Waals surface area contributed by atoms with Crippen LogP contribution >= 0.6 is 0 Å². The van der Waals surface area contributed by atoms with Crippen molar-refractivity contribution in [3.63, 3.8) is 0 Å².